The van der Waals surface area contributed by atoms with Gasteiger partial charge < -0.3 is 10.1 Å². The van der Waals surface area contributed by atoms with Crippen molar-refractivity contribution < 1.29 is 4.74 Å². The fourth-order valence-corrected chi connectivity index (χ4v) is 2.96. The van der Waals surface area contributed by atoms with E-state index in [0.29, 0.717) is 18.1 Å². The molecule has 1 saturated heterocycles. The summed E-state index contributed by atoms with van der Waals surface area (Å²) in [7, 11) is 0. The fourth-order valence-electron chi connectivity index (χ4n) is 2.71. The minimum Gasteiger partial charge on any atom is -0.378 e. The fraction of sp³-hybridized carbons (Fsp3) is 0.600. The minimum absolute atomic E-state index is 0.302. The lowest BCUT2D eigenvalue weighted by atomic mass is 9.88. The van der Waals surface area contributed by atoms with E-state index in [9.17, 15) is 0 Å². The van der Waals surface area contributed by atoms with Crippen LogP contribution in [0.15, 0.2) is 24.3 Å². The topological polar surface area (TPSA) is 21.3 Å². The highest BCUT2D eigenvalue weighted by molar-refractivity contribution is 6.31. The molecular weight excluding hydrogens is 246 g/mol. The number of benzene rings is 1. The third-order valence-electron chi connectivity index (χ3n) is 3.72. The maximum Gasteiger partial charge on any atom is 0.0594 e. The van der Waals surface area contributed by atoms with Crippen LogP contribution in [-0.4, -0.2) is 19.3 Å². The molecule has 0 amide bonds. The van der Waals surface area contributed by atoms with Gasteiger partial charge in [-0.3, -0.25) is 0 Å². The number of ether oxygens (including phenoxy) is 1. The van der Waals surface area contributed by atoms with E-state index < -0.39 is 0 Å². The third kappa shape index (κ3) is 3.05. The molecule has 2 nitrogen and oxygen atoms in total. The van der Waals surface area contributed by atoms with Crippen LogP contribution >= 0.6 is 11.6 Å². The van der Waals surface area contributed by atoms with Gasteiger partial charge in [-0.25, -0.2) is 0 Å². The Morgan fingerprint density at radius 1 is 1.44 bits per heavy atom. The normalized spacial score (nSPS) is 25.3. The van der Waals surface area contributed by atoms with E-state index in [2.05, 4.69) is 31.3 Å². The largest absolute Gasteiger partial charge is 0.378 e. The van der Waals surface area contributed by atoms with Gasteiger partial charge in [-0.05, 0) is 37.9 Å². The molecule has 1 N–H and O–H groups in total. The second-order valence-electron chi connectivity index (χ2n) is 4.98. The Balaban J connectivity index is 2.21. The summed E-state index contributed by atoms with van der Waals surface area (Å²) in [5, 5.41) is 4.49. The Morgan fingerprint density at radius 3 is 2.83 bits per heavy atom. The molecule has 1 fully saturated rings. The number of hydrogen-bond acceptors (Lipinski definition) is 2. The molecule has 3 atom stereocenters. The standard InChI is InChI=1S/C15H22ClNO/c1-3-9-17-15(12-8-10-18-11(12)2)13-6-4-5-7-14(13)16/h4-7,11-12,15,17H,3,8-10H2,1-2H3. The molecule has 1 aliphatic rings. The van der Waals surface area contributed by atoms with Crippen LogP contribution in [0.1, 0.15) is 38.3 Å². The lowest BCUT2D eigenvalue weighted by Gasteiger charge is -2.28. The van der Waals surface area contributed by atoms with Crippen molar-refractivity contribution in [2.75, 3.05) is 13.2 Å². The number of hydrogen-bond donors (Lipinski definition) is 1. The van der Waals surface area contributed by atoms with E-state index in [1.165, 1.54) is 5.56 Å². The molecule has 1 aromatic rings. The van der Waals surface area contributed by atoms with Crippen LogP contribution in [0.4, 0.5) is 0 Å². The number of rotatable bonds is 5. The maximum absolute atomic E-state index is 6.34. The van der Waals surface area contributed by atoms with Crippen molar-refractivity contribution in [1.29, 1.82) is 0 Å². The highest BCUT2D eigenvalue weighted by atomic mass is 35.5. The zero-order valence-electron chi connectivity index (χ0n) is 11.2. The van der Waals surface area contributed by atoms with Gasteiger partial charge in [0.25, 0.3) is 0 Å². The molecule has 1 aliphatic heterocycles. The van der Waals surface area contributed by atoms with Gasteiger partial charge in [0.2, 0.25) is 0 Å². The first-order chi connectivity index (χ1) is 8.74. The van der Waals surface area contributed by atoms with Crippen LogP contribution in [0, 0.1) is 5.92 Å². The summed E-state index contributed by atoms with van der Waals surface area (Å²) in [6, 6.07) is 8.44. The second kappa shape index (κ2) is 6.55. The smallest absolute Gasteiger partial charge is 0.0594 e. The Hall–Kier alpha value is -0.570. The first-order valence-corrected chi connectivity index (χ1v) is 7.21. The highest BCUT2D eigenvalue weighted by Gasteiger charge is 2.33. The average Bonchev–Trinajstić information content (AvgIpc) is 2.78. The summed E-state index contributed by atoms with van der Waals surface area (Å²) in [6.45, 7) is 6.22. The molecule has 0 aromatic heterocycles. The van der Waals surface area contributed by atoms with Crippen molar-refractivity contribution in [3.05, 3.63) is 34.9 Å². The molecule has 0 bridgehead atoms. The third-order valence-corrected chi connectivity index (χ3v) is 4.06. The Bertz CT molecular complexity index is 383. The predicted octanol–water partition coefficient (Wildman–Crippen LogP) is 3.81. The molecule has 0 radical (unpaired) electrons. The summed E-state index contributed by atoms with van der Waals surface area (Å²) >= 11 is 6.34. The zero-order valence-corrected chi connectivity index (χ0v) is 11.9. The van der Waals surface area contributed by atoms with Gasteiger partial charge in [-0.2, -0.15) is 0 Å². The summed E-state index contributed by atoms with van der Waals surface area (Å²) < 4.78 is 5.70. The van der Waals surface area contributed by atoms with Gasteiger partial charge in [0.15, 0.2) is 0 Å². The first kappa shape index (κ1) is 13.9. The molecular formula is C15H22ClNO. The van der Waals surface area contributed by atoms with Crippen LogP contribution in [0.25, 0.3) is 0 Å². The lowest BCUT2D eigenvalue weighted by molar-refractivity contribution is 0.0954. The van der Waals surface area contributed by atoms with E-state index in [4.69, 9.17) is 16.3 Å². The summed E-state index contributed by atoms with van der Waals surface area (Å²) in [6.07, 6.45) is 2.53. The van der Waals surface area contributed by atoms with E-state index in [0.717, 1.165) is 31.0 Å². The van der Waals surface area contributed by atoms with Gasteiger partial charge in [0.1, 0.15) is 0 Å². The number of halogens is 1. The molecule has 0 aliphatic carbocycles. The van der Waals surface area contributed by atoms with Gasteiger partial charge in [-0.15, -0.1) is 0 Å². The molecule has 3 unspecified atom stereocenters. The summed E-state index contributed by atoms with van der Waals surface area (Å²) in [5.41, 5.74) is 1.20. The lowest BCUT2D eigenvalue weighted by Crippen LogP contribution is -2.32. The van der Waals surface area contributed by atoms with Gasteiger partial charge in [0.05, 0.1) is 6.10 Å². The van der Waals surface area contributed by atoms with E-state index in [-0.39, 0.29) is 0 Å². The molecule has 1 heterocycles. The Kier molecular flexibility index (Phi) is 5.04. The van der Waals surface area contributed by atoms with Crippen LogP contribution in [0.5, 0.6) is 0 Å². The van der Waals surface area contributed by atoms with Crippen LogP contribution in [-0.2, 0) is 4.74 Å². The SMILES string of the molecule is CCCNC(c1ccccc1Cl)C1CCOC1C. The van der Waals surface area contributed by atoms with E-state index in [1.54, 1.807) is 0 Å². The quantitative estimate of drug-likeness (QED) is 0.876. The molecule has 18 heavy (non-hydrogen) atoms. The zero-order chi connectivity index (χ0) is 13.0. The highest BCUT2D eigenvalue weighted by Crippen LogP contribution is 2.36. The van der Waals surface area contributed by atoms with Crippen LogP contribution in [0.2, 0.25) is 5.02 Å². The minimum atomic E-state index is 0.302. The molecule has 2 rings (SSSR count). The predicted molar refractivity (Wildman–Crippen MR) is 76.0 cm³/mol. The summed E-state index contributed by atoms with van der Waals surface area (Å²) in [4.78, 5) is 0. The van der Waals surface area contributed by atoms with E-state index >= 15 is 0 Å². The van der Waals surface area contributed by atoms with Crippen molar-refractivity contribution in [2.24, 2.45) is 5.92 Å². The molecule has 0 saturated carbocycles. The van der Waals surface area contributed by atoms with E-state index in [1.807, 2.05) is 12.1 Å². The van der Waals surface area contributed by atoms with Crippen molar-refractivity contribution in [3.8, 4) is 0 Å². The van der Waals surface area contributed by atoms with Crippen molar-refractivity contribution in [3.63, 3.8) is 0 Å². The van der Waals surface area contributed by atoms with Gasteiger partial charge in [0, 0.05) is 23.6 Å². The van der Waals surface area contributed by atoms with Crippen molar-refractivity contribution >= 4 is 11.6 Å². The van der Waals surface area contributed by atoms with Gasteiger partial charge in [-0.1, -0.05) is 36.7 Å². The van der Waals surface area contributed by atoms with Crippen LogP contribution < -0.4 is 5.32 Å². The maximum atomic E-state index is 6.34. The molecule has 3 heteroatoms. The van der Waals surface area contributed by atoms with Gasteiger partial charge >= 0.3 is 0 Å². The average molecular weight is 268 g/mol. The van der Waals surface area contributed by atoms with Crippen molar-refractivity contribution in [2.45, 2.75) is 38.8 Å². The molecule has 100 valence electrons. The Labute approximate surface area is 115 Å². The molecule has 0 spiro atoms. The monoisotopic (exact) mass is 267 g/mol. The number of nitrogens with one attached hydrogen (secondary N) is 1. The Morgan fingerprint density at radius 2 is 2.22 bits per heavy atom. The second-order valence-corrected chi connectivity index (χ2v) is 5.39. The summed E-state index contributed by atoms with van der Waals surface area (Å²) in [5.74, 6) is 0.511. The first-order valence-electron chi connectivity index (χ1n) is 6.83. The van der Waals surface area contributed by atoms with Crippen LogP contribution in [0.3, 0.4) is 0 Å². The van der Waals surface area contributed by atoms with Crippen molar-refractivity contribution in [1.82, 2.24) is 5.32 Å². The molecule has 1 aromatic carbocycles.